The van der Waals surface area contributed by atoms with E-state index in [2.05, 4.69) is 12.2 Å². The van der Waals surface area contributed by atoms with Crippen molar-refractivity contribution in [1.82, 2.24) is 5.32 Å². The molecule has 0 aromatic rings. The molecule has 0 saturated heterocycles. The van der Waals surface area contributed by atoms with Crippen LogP contribution in [0.25, 0.3) is 0 Å². The molecule has 8 heteroatoms. The summed E-state index contributed by atoms with van der Waals surface area (Å²) in [6.45, 7) is 8.27. The van der Waals surface area contributed by atoms with Crippen LogP contribution in [0, 0.1) is 0 Å². The first kappa shape index (κ1) is 26.8. The largest absolute Gasteiger partial charge is 0.481 e. The summed E-state index contributed by atoms with van der Waals surface area (Å²) in [6.07, 6.45) is 2.53. The summed E-state index contributed by atoms with van der Waals surface area (Å²) in [7, 11) is 0. The van der Waals surface area contributed by atoms with Crippen LogP contribution in [0.3, 0.4) is 0 Å². The zero-order valence-electron chi connectivity index (χ0n) is 12.7. The summed E-state index contributed by atoms with van der Waals surface area (Å²) in [4.78, 5) is 27.0. The van der Waals surface area contributed by atoms with E-state index >= 15 is 0 Å². The van der Waals surface area contributed by atoms with Gasteiger partial charge in [-0.2, -0.15) is 0 Å². The van der Waals surface area contributed by atoms with Gasteiger partial charge in [-0.05, 0) is 13.0 Å². The number of nitrogens with one attached hydrogen (secondary N) is 1. The van der Waals surface area contributed by atoms with E-state index in [1.807, 2.05) is 0 Å². The van der Waals surface area contributed by atoms with E-state index in [1.165, 1.54) is 12.8 Å². The van der Waals surface area contributed by atoms with Gasteiger partial charge >= 0.3 is 0 Å². The van der Waals surface area contributed by atoms with E-state index < -0.39 is 17.9 Å². The van der Waals surface area contributed by atoms with Crippen LogP contribution < -0.4 is 11.1 Å². The first-order valence-electron chi connectivity index (χ1n) is 6.11. The number of unbranched alkanes of at least 4 members (excludes halogenated alkanes) is 1. The van der Waals surface area contributed by atoms with Crippen LogP contribution in [0.4, 0.5) is 0 Å². The molecule has 0 radical (unpaired) electrons. The Balaban J connectivity index is -0.0000000917. The summed E-state index contributed by atoms with van der Waals surface area (Å²) in [5.41, 5.74) is 5.25. The van der Waals surface area contributed by atoms with Gasteiger partial charge in [-0.1, -0.05) is 13.3 Å². The van der Waals surface area contributed by atoms with Crippen molar-refractivity contribution < 1.29 is 29.7 Å². The van der Waals surface area contributed by atoms with E-state index in [-0.39, 0.29) is 0 Å². The highest BCUT2D eigenvalue weighted by atomic mass is 16.4. The normalized spacial score (nSPS) is 7.65. The maximum atomic E-state index is 9.00. The Hall–Kier alpha value is -1.67. The Morgan fingerprint density at radius 2 is 1.20 bits per heavy atom. The number of rotatable bonds is 5. The van der Waals surface area contributed by atoms with Crippen molar-refractivity contribution in [2.75, 3.05) is 19.6 Å². The van der Waals surface area contributed by atoms with Crippen LogP contribution >= 0.6 is 0 Å². The number of hydrogen-bond donors (Lipinski definition) is 5. The Kier molecular flexibility index (Phi) is 34.9. The number of aliphatic carboxylic acids is 3. The van der Waals surface area contributed by atoms with Crippen LogP contribution in [0.15, 0.2) is 0 Å². The Morgan fingerprint density at radius 3 is 1.40 bits per heavy atom. The zero-order chi connectivity index (χ0) is 17.0. The molecule has 0 unspecified atom stereocenters. The molecule has 122 valence electrons. The molecule has 0 atom stereocenters. The van der Waals surface area contributed by atoms with Gasteiger partial charge in [-0.15, -0.1) is 0 Å². The monoisotopic (exact) mass is 296 g/mol. The topological polar surface area (TPSA) is 150 Å². The van der Waals surface area contributed by atoms with Crippen molar-refractivity contribution in [3.63, 3.8) is 0 Å². The number of carbonyl (C=O) groups is 3. The summed E-state index contributed by atoms with van der Waals surface area (Å²) in [5, 5.41) is 25.5. The van der Waals surface area contributed by atoms with E-state index in [4.69, 9.17) is 35.4 Å². The standard InChI is InChI=1S/C6H16N2.3C2H4O2/c1-2-3-5-8-6-4-7;3*1-2(3)4/h8H,2-7H2,1H3;3*1H3,(H,3,4). The van der Waals surface area contributed by atoms with Crippen LogP contribution in [-0.2, 0) is 14.4 Å². The quantitative estimate of drug-likeness (QED) is 0.463. The van der Waals surface area contributed by atoms with Gasteiger partial charge in [-0.3, -0.25) is 14.4 Å². The second-order valence-electron chi connectivity index (χ2n) is 3.45. The molecule has 8 nitrogen and oxygen atoms in total. The van der Waals surface area contributed by atoms with E-state index in [1.54, 1.807) is 0 Å². The molecule has 6 N–H and O–H groups in total. The minimum atomic E-state index is -0.833. The third-order valence-corrected chi connectivity index (χ3v) is 1.03. The summed E-state index contributed by atoms with van der Waals surface area (Å²) in [5.74, 6) is -2.50. The van der Waals surface area contributed by atoms with Gasteiger partial charge in [0.25, 0.3) is 17.9 Å². The second kappa shape index (κ2) is 26.0. The Labute approximate surface area is 120 Å². The first-order valence-corrected chi connectivity index (χ1v) is 6.11. The number of carboxylic acids is 3. The lowest BCUT2D eigenvalue weighted by Crippen LogP contribution is -2.23. The molecule has 0 aliphatic heterocycles. The van der Waals surface area contributed by atoms with E-state index in [0.717, 1.165) is 40.4 Å². The van der Waals surface area contributed by atoms with Crippen molar-refractivity contribution in [2.24, 2.45) is 5.73 Å². The van der Waals surface area contributed by atoms with Crippen molar-refractivity contribution in [1.29, 1.82) is 0 Å². The van der Waals surface area contributed by atoms with Crippen LogP contribution in [0.2, 0.25) is 0 Å². The fourth-order valence-electron chi connectivity index (χ4n) is 0.529. The van der Waals surface area contributed by atoms with Gasteiger partial charge in [0, 0.05) is 33.9 Å². The Morgan fingerprint density at radius 1 is 0.900 bits per heavy atom. The van der Waals surface area contributed by atoms with Gasteiger partial charge in [0.05, 0.1) is 0 Å². The number of carboxylic acid groups (broad SMARTS) is 3. The first-order chi connectivity index (χ1) is 9.11. The second-order valence-corrected chi connectivity index (χ2v) is 3.45. The average molecular weight is 296 g/mol. The average Bonchev–Trinajstić information content (AvgIpc) is 2.22. The summed E-state index contributed by atoms with van der Waals surface area (Å²) < 4.78 is 0. The summed E-state index contributed by atoms with van der Waals surface area (Å²) >= 11 is 0. The molecule has 0 amide bonds. The Bertz CT molecular complexity index is 187. The molecule has 0 aromatic heterocycles. The third-order valence-electron chi connectivity index (χ3n) is 1.03. The smallest absolute Gasteiger partial charge is 0.300 e. The molecular formula is C12H28N2O6. The fourth-order valence-corrected chi connectivity index (χ4v) is 0.529. The number of nitrogens with two attached hydrogens (primary N) is 1. The number of hydrogen-bond acceptors (Lipinski definition) is 5. The fraction of sp³-hybridized carbons (Fsp3) is 0.750. The highest BCUT2D eigenvalue weighted by Crippen LogP contribution is 1.80. The van der Waals surface area contributed by atoms with E-state index in [0.29, 0.717) is 0 Å². The van der Waals surface area contributed by atoms with Crippen molar-refractivity contribution in [3.05, 3.63) is 0 Å². The highest BCUT2D eigenvalue weighted by molar-refractivity contribution is 5.63. The third kappa shape index (κ3) is 346. The molecule has 0 aliphatic carbocycles. The lowest BCUT2D eigenvalue weighted by atomic mass is 10.3. The van der Waals surface area contributed by atoms with Crippen LogP contribution in [0.5, 0.6) is 0 Å². The van der Waals surface area contributed by atoms with Crippen LogP contribution in [0.1, 0.15) is 40.5 Å². The molecule has 20 heavy (non-hydrogen) atoms. The molecule has 0 bridgehead atoms. The van der Waals surface area contributed by atoms with Crippen molar-refractivity contribution >= 4 is 17.9 Å². The van der Waals surface area contributed by atoms with Crippen molar-refractivity contribution in [3.8, 4) is 0 Å². The predicted octanol–water partition coefficient (Wildman–Crippen LogP) is 0.608. The molecule has 0 rings (SSSR count). The van der Waals surface area contributed by atoms with E-state index in [9.17, 15) is 0 Å². The molecule has 0 saturated carbocycles. The molecule has 0 spiro atoms. The van der Waals surface area contributed by atoms with Gasteiger partial charge in [0.1, 0.15) is 0 Å². The maximum Gasteiger partial charge on any atom is 0.300 e. The lowest BCUT2D eigenvalue weighted by Gasteiger charge is -1.98. The molecular weight excluding hydrogens is 268 g/mol. The highest BCUT2D eigenvalue weighted by Gasteiger charge is 1.80. The minimum Gasteiger partial charge on any atom is -0.481 e. The van der Waals surface area contributed by atoms with Gasteiger partial charge < -0.3 is 26.4 Å². The van der Waals surface area contributed by atoms with Gasteiger partial charge in [-0.25, -0.2) is 0 Å². The SMILES string of the molecule is CC(=O)O.CC(=O)O.CC(=O)O.CCCCNCCN. The lowest BCUT2D eigenvalue weighted by molar-refractivity contribution is -0.135. The van der Waals surface area contributed by atoms with Gasteiger partial charge in [0.15, 0.2) is 0 Å². The van der Waals surface area contributed by atoms with Crippen LogP contribution in [-0.4, -0.2) is 52.9 Å². The summed E-state index contributed by atoms with van der Waals surface area (Å²) in [6, 6.07) is 0. The molecule has 0 fully saturated rings. The molecule has 0 aromatic carbocycles. The maximum absolute atomic E-state index is 9.00. The minimum absolute atomic E-state index is 0.754. The van der Waals surface area contributed by atoms with Crippen molar-refractivity contribution in [2.45, 2.75) is 40.5 Å². The molecule has 0 heterocycles. The zero-order valence-corrected chi connectivity index (χ0v) is 12.7. The van der Waals surface area contributed by atoms with Gasteiger partial charge in [0.2, 0.25) is 0 Å². The molecule has 0 aliphatic rings. The predicted molar refractivity (Wildman–Crippen MR) is 76.8 cm³/mol.